The third-order valence-electron chi connectivity index (χ3n) is 2.62. The number of nitrogens with zero attached hydrogens (tertiary/aromatic N) is 2. The van der Waals surface area contributed by atoms with Crippen LogP contribution in [0.25, 0.3) is 0 Å². The highest BCUT2D eigenvalue weighted by Gasteiger charge is 2.18. The average molecular weight is 209 g/mol. The van der Waals surface area contributed by atoms with Gasteiger partial charge in [-0.3, -0.25) is 0 Å². The van der Waals surface area contributed by atoms with Crippen LogP contribution in [0.2, 0.25) is 0 Å². The van der Waals surface area contributed by atoms with E-state index in [4.69, 9.17) is 0 Å². The summed E-state index contributed by atoms with van der Waals surface area (Å²) in [5, 5.41) is 3.37. The van der Waals surface area contributed by atoms with Crippen LogP contribution < -0.4 is 5.32 Å². The summed E-state index contributed by atoms with van der Waals surface area (Å²) in [4.78, 5) is 4.36. The highest BCUT2D eigenvalue weighted by molar-refractivity contribution is 4.95. The largest absolute Gasteiger partial charge is 0.338 e. The summed E-state index contributed by atoms with van der Waals surface area (Å²) >= 11 is 0. The fourth-order valence-corrected chi connectivity index (χ4v) is 1.83. The van der Waals surface area contributed by atoms with Crippen molar-refractivity contribution < 1.29 is 0 Å². The summed E-state index contributed by atoms with van der Waals surface area (Å²) in [5.74, 6) is 1.15. The maximum absolute atomic E-state index is 4.36. The summed E-state index contributed by atoms with van der Waals surface area (Å²) in [6.07, 6.45) is 6.02. The first-order valence-corrected chi connectivity index (χ1v) is 5.56. The second kappa shape index (κ2) is 4.79. The molecule has 0 amide bonds. The van der Waals surface area contributed by atoms with Gasteiger partial charge >= 0.3 is 0 Å². The zero-order valence-corrected chi connectivity index (χ0v) is 10.5. The topological polar surface area (TPSA) is 29.9 Å². The molecule has 1 heterocycles. The van der Waals surface area contributed by atoms with Crippen LogP contribution in [0.15, 0.2) is 12.4 Å². The minimum atomic E-state index is 0.360. The first-order chi connectivity index (χ1) is 6.92. The van der Waals surface area contributed by atoms with E-state index in [-0.39, 0.29) is 0 Å². The first-order valence-electron chi connectivity index (χ1n) is 5.56. The molecule has 1 atom stereocenters. The fraction of sp³-hybridized carbons (Fsp3) is 0.750. The van der Waals surface area contributed by atoms with Crippen molar-refractivity contribution in [3.8, 4) is 0 Å². The molecule has 1 aromatic heterocycles. The Morgan fingerprint density at radius 1 is 1.47 bits per heavy atom. The minimum Gasteiger partial charge on any atom is -0.338 e. The Balaban J connectivity index is 2.58. The van der Waals surface area contributed by atoms with Gasteiger partial charge in [0.05, 0.1) is 0 Å². The van der Waals surface area contributed by atoms with Crippen LogP contribution >= 0.6 is 0 Å². The van der Waals surface area contributed by atoms with Gasteiger partial charge in [0.25, 0.3) is 0 Å². The number of hydrogen-bond donors (Lipinski definition) is 1. The number of nitrogens with one attached hydrogen (secondary N) is 1. The average Bonchev–Trinajstić information content (AvgIpc) is 2.48. The molecule has 0 spiro atoms. The van der Waals surface area contributed by atoms with Gasteiger partial charge in [0.15, 0.2) is 0 Å². The van der Waals surface area contributed by atoms with Gasteiger partial charge in [0, 0.05) is 31.9 Å². The molecule has 0 aliphatic rings. The molecule has 0 fully saturated rings. The lowest BCUT2D eigenvalue weighted by molar-refractivity contribution is 0.312. The van der Waals surface area contributed by atoms with Crippen LogP contribution in [-0.4, -0.2) is 22.6 Å². The van der Waals surface area contributed by atoms with E-state index in [0.29, 0.717) is 11.5 Å². The molecule has 0 radical (unpaired) electrons. The van der Waals surface area contributed by atoms with Crippen LogP contribution in [0, 0.1) is 5.41 Å². The zero-order chi connectivity index (χ0) is 11.5. The summed E-state index contributed by atoms with van der Waals surface area (Å²) < 4.78 is 2.09. The lowest BCUT2D eigenvalue weighted by Gasteiger charge is -2.25. The van der Waals surface area contributed by atoms with Gasteiger partial charge in [0.1, 0.15) is 5.82 Å². The summed E-state index contributed by atoms with van der Waals surface area (Å²) in [5.41, 5.74) is 0.360. The van der Waals surface area contributed by atoms with Crippen LogP contribution in [0.1, 0.15) is 33.0 Å². The number of likely N-dealkylation sites (N-methyl/N-ethyl adjacent to an activating group) is 1. The zero-order valence-electron chi connectivity index (χ0n) is 10.5. The van der Waals surface area contributed by atoms with E-state index in [2.05, 4.69) is 35.6 Å². The Kier molecular flexibility index (Phi) is 3.91. The molecule has 0 aliphatic carbocycles. The standard InChI is InChI=1S/C12H23N3/c1-12(2,3)9-10(13-4)8-11-14-6-7-15(11)5/h6-7,10,13H,8-9H2,1-5H3. The lowest BCUT2D eigenvalue weighted by Crippen LogP contribution is -2.32. The van der Waals surface area contributed by atoms with Gasteiger partial charge in [-0.2, -0.15) is 0 Å². The number of imidazole rings is 1. The summed E-state index contributed by atoms with van der Waals surface area (Å²) in [6, 6.07) is 0.506. The Morgan fingerprint density at radius 2 is 2.13 bits per heavy atom. The van der Waals surface area contributed by atoms with Crippen LogP contribution in [-0.2, 0) is 13.5 Å². The molecule has 1 N–H and O–H groups in total. The Morgan fingerprint density at radius 3 is 2.53 bits per heavy atom. The molecule has 1 unspecified atom stereocenters. The van der Waals surface area contributed by atoms with E-state index in [0.717, 1.165) is 18.7 Å². The second-order valence-corrected chi connectivity index (χ2v) is 5.41. The quantitative estimate of drug-likeness (QED) is 0.822. The van der Waals surface area contributed by atoms with Gasteiger partial charge in [-0.1, -0.05) is 20.8 Å². The SMILES string of the molecule is CNC(Cc1nccn1C)CC(C)(C)C. The molecule has 1 aromatic rings. The van der Waals surface area contributed by atoms with E-state index < -0.39 is 0 Å². The molecule has 0 saturated heterocycles. The van der Waals surface area contributed by atoms with Gasteiger partial charge in [-0.25, -0.2) is 4.98 Å². The minimum absolute atomic E-state index is 0.360. The normalized spacial score (nSPS) is 14.2. The van der Waals surface area contributed by atoms with Crippen molar-refractivity contribution in [2.24, 2.45) is 12.5 Å². The monoisotopic (exact) mass is 209 g/mol. The molecule has 1 rings (SSSR count). The Bertz CT molecular complexity index is 296. The molecular formula is C12H23N3. The van der Waals surface area contributed by atoms with E-state index in [1.807, 2.05) is 26.5 Å². The number of aryl methyl sites for hydroxylation is 1. The van der Waals surface area contributed by atoms with Crippen LogP contribution in [0.5, 0.6) is 0 Å². The van der Waals surface area contributed by atoms with Crippen molar-refractivity contribution in [1.82, 2.24) is 14.9 Å². The van der Waals surface area contributed by atoms with Gasteiger partial charge in [0.2, 0.25) is 0 Å². The number of hydrogen-bond acceptors (Lipinski definition) is 2. The fourth-order valence-electron chi connectivity index (χ4n) is 1.83. The van der Waals surface area contributed by atoms with Gasteiger partial charge in [-0.15, -0.1) is 0 Å². The molecule has 3 heteroatoms. The third kappa shape index (κ3) is 4.04. The molecular weight excluding hydrogens is 186 g/mol. The van der Waals surface area contributed by atoms with Crippen molar-refractivity contribution in [2.75, 3.05) is 7.05 Å². The van der Waals surface area contributed by atoms with E-state index in [1.165, 1.54) is 0 Å². The molecule has 3 nitrogen and oxygen atoms in total. The van der Waals surface area contributed by atoms with Crippen LogP contribution in [0.4, 0.5) is 0 Å². The third-order valence-corrected chi connectivity index (χ3v) is 2.62. The van der Waals surface area contributed by atoms with Gasteiger partial charge in [-0.05, 0) is 18.9 Å². The van der Waals surface area contributed by atoms with Crippen molar-refractivity contribution in [3.05, 3.63) is 18.2 Å². The van der Waals surface area contributed by atoms with Crippen molar-refractivity contribution >= 4 is 0 Å². The Labute approximate surface area is 92.9 Å². The van der Waals surface area contributed by atoms with Crippen molar-refractivity contribution in [2.45, 2.75) is 39.7 Å². The summed E-state index contributed by atoms with van der Waals surface area (Å²) in [6.45, 7) is 6.82. The predicted octanol–water partition coefficient (Wildman–Crippen LogP) is 1.99. The maximum Gasteiger partial charge on any atom is 0.109 e. The number of aromatic nitrogens is 2. The molecule has 86 valence electrons. The van der Waals surface area contributed by atoms with Crippen molar-refractivity contribution in [3.63, 3.8) is 0 Å². The summed E-state index contributed by atoms with van der Waals surface area (Å²) in [7, 11) is 4.07. The van der Waals surface area contributed by atoms with E-state index in [1.54, 1.807) is 0 Å². The lowest BCUT2D eigenvalue weighted by atomic mass is 9.87. The molecule has 0 aromatic carbocycles. The van der Waals surface area contributed by atoms with E-state index >= 15 is 0 Å². The van der Waals surface area contributed by atoms with Gasteiger partial charge < -0.3 is 9.88 Å². The highest BCUT2D eigenvalue weighted by atomic mass is 15.0. The highest BCUT2D eigenvalue weighted by Crippen LogP contribution is 2.22. The first kappa shape index (κ1) is 12.2. The molecule has 0 saturated carbocycles. The predicted molar refractivity (Wildman–Crippen MR) is 63.8 cm³/mol. The molecule has 0 bridgehead atoms. The number of rotatable bonds is 4. The second-order valence-electron chi connectivity index (χ2n) is 5.41. The maximum atomic E-state index is 4.36. The van der Waals surface area contributed by atoms with Crippen molar-refractivity contribution in [1.29, 1.82) is 0 Å². The molecule has 15 heavy (non-hydrogen) atoms. The smallest absolute Gasteiger partial charge is 0.109 e. The Hall–Kier alpha value is -0.830. The van der Waals surface area contributed by atoms with E-state index in [9.17, 15) is 0 Å². The molecule has 0 aliphatic heterocycles. The van der Waals surface area contributed by atoms with Crippen LogP contribution in [0.3, 0.4) is 0 Å².